The summed E-state index contributed by atoms with van der Waals surface area (Å²) < 4.78 is 5.01. The highest BCUT2D eigenvalue weighted by molar-refractivity contribution is 7.17. The molecule has 0 saturated heterocycles. The Hall–Kier alpha value is -3.24. The standard InChI is InChI=1S/C20H24N4O5S/c1-4-10-21-15(18(26)27)11-16(25)23-13-6-8-14(9-7-13)24-20-22-12(3)17(30-20)19(28)29-5-2/h4,6-9,15,21H,1,5,10-11H2,2-3H3,(H,22,24)(H,23,25)(H,26,27)/t15-/m1/s1. The van der Waals surface area contributed by atoms with Crippen LogP contribution in [0.5, 0.6) is 0 Å². The fourth-order valence-electron chi connectivity index (χ4n) is 2.47. The fourth-order valence-corrected chi connectivity index (χ4v) is 3.35. The van der Waals surface area contributed by atoms with Crippen LogP contribution in [0.15, 0.2) is 36.9 Å². The molecule has 0 aliphatic carbocycles. The molecule has 0 unspecified atom stereocenters. The number of thiazole rings is 1. The van der Waals surface area contributed by atoms with Gasteiger partial charge in [-0.2, -0.15) is 0 Å². The number of carbonyl (C=O) groups excluding carboxylic acids is 2. The van der Waals surface area contributed by atoms with Crippen LogP contribution in [0, 0.1) is 6.92 Å². The SMILES string of the molecule is C=CCN[C@H](CC(=O)Nc1ccc(Nc2nc(C)c(C(=O)OCC)s2)cc1)C(=O)O. The zero-order chi connectivity index (χ0) is 22.1. The second kappa shape index (κ2) is 11.1. The summed E-state index contributed by atoms with van der Waals surface area (Å²) in [5, 5.41) is 18.2. The number of benzene rings is 1. The first-order valence-electron chi connectivity index (χ1n) is 9.22. The summed E-state index contributed by atoms with van der Waals surface area (Å²) in [6, 6.07) is 5.84. The quantitative estimate of drug-likeness (QED) is 0.315. The number of nitrogens with zero attached hydrogens (tertiary/aromatic N) is 1. The summed E-state index contributed by atoms with van der Waals surface area (Å²) in [6.07, 6.45) is 1.32. The molecular weight excluding hydrogens is 408 g/mol. The number of anilines is 3. The molecule has 4 N–H and O–H groups in total. The molecule has 0 fully saturated rings. The Labute approximate surface area is 178 Å². The Morgan fingerprint density at radius 3 is 2.53 bits per heavy atom. The van der Waals surface area contributed by atoms with Gasteiger partial charge in [-0.3, -0.25) is 9.59 Å². The van der Waals surface area contributed by atoms with Crippen molar-refractivity contribution in [2.45, 2.75) is 26.3 Å². The number of ether oxygens (including phenoxy) is 1. The number of aryl methyl sites for hydroxylation is 1. The molecule has 1 heterocycles. The first-order valence-corrected chi connectivity index (χ1v) is 10.0. The fraction of sp³-hybridized carbons (Fsp3) is 0.300. The summed E-state index contributed by atoms with van der Waals surface area (Å²) in [7, 11) is 0. The maximum Gasteiger partial charge on any atom is 0.350 e. The molecule has 1 atom stereocenters. The van der Waals surface area contributed by atoms with Crippen molar-refractivity contribution < 1.29 is 24.2 Å². The third-order valence-electron chi connectivity index (χ3n) is 3.87. The van der Waals surface area contributed by atoms with Crippen LogP contribution < -0.4 is 16.0 Å². The number of nitrogens with one attached hydrogen (secondary N) is 3. The van der Waals surface area contributed by atoms with E-state index in [2.05, 4.69) is 27.5 Å². The molecule has 0 bridgehead atoms. The van der Waals surface area contributed by atoms with Gasteiger partial charge in [-0.1, -0.05) is 17.4 Å². The van der Waals surface area contributed by atoms with Crippen molar-refractivity contribution in [1.29, 1.82) is 0 Å². The average Bonchev–Trinajstić information content (AvgIpc) is 3.06. The van der Waals surface area contributed by atoms with Crippen LogP contribution in [-0.4, -0.2) is 47.1 Å². The van der Waals surface area contributed by atoms with Crippen molar-refractivity contribution in [2.75, 3.05) is 23.8 Å². The molecule has 1 aromatic heterocycles. The van der Waals surface area contributed by atoms with Crippen LogP contribution in [0.3, 0.4) is 0 Å². The van der Waals surface area contributed by atoms with Crippen LogP contribution >= 0.6 is 11.3 Å². The smallest absolute Gasteiger partial charge is 0.350 e. The summed E-state index contributed by atoms with van der Waals surface area (Å²) in [5.74, 6) is -1.93. The number of rotatable bonds is 11. The van der Waals surface area contributed by atoms with Crippen molar-refractivity contribution in [1.82, 2.24) is 10.3 Å². The van der Waals surface area contributed by atoms with Gasteiger partial charge in [0.2, 0.25) is 5.91 Å². The predicted octanol–water partition coefficient (Wildman–Crippen LogP) is 2.93. The van der Waals surface area contributed by atoms with Crippen LogP contribution in [0.25, 0.3) is 0 Å². The molecule has 0 aliphatic rings. The van der Waals surface area contributed by atoms with Crippen molar-refractivity contribution >= 4 is 45.7 Å². The van der Waals surface area contributed by atoms with E-state index in [9.17, 15) is 14.4 Å². The Morgan fingerprint density at radius 1 is 1.27 bits per heavy atom. The lowest BCUT2D eigenvalue weighted by molar-refractivity contribution is -0.141. The van der Waals surface area contributed by atoms with E-state index in [1.54, 1.807) is 38.1 Å². The highest BCUT2D eigenvalue weighted by Gasteiger charge is 2.20. The van der Waals surface area contributed by atoms with Crippen molar-refractivity contribution in [3.05, 3.63) is 47.5 Å². The number of amides is 1. The van der Waals surface area contributed by atoms with E-state index in [0.717, 1.165) is 0 Å². The molecule has 30 heavy (non-hydrogen) atoms. The largest absolute Gasteiger partial charge is 0.480 e. The summed E-state index contributed by atoms with van der Waals surface area (Å²) >= 11 is 1.20. The van der Waals surface area contributed by atoms with Crippen LogP contribution in [0.1, 0.15) is 28.7 Å². The number of esters is 1. The Morgan fingerprint density at radius 2 is 1.93 bits per heavy atom. The van der Waals surface area contributed by atoms with Gasteiger partial charge < -0.3 is 25.8 Å². The number of hydrogen-bond acceptors (Lipinski definition) is 8. The lowest BCUT2D eigenvalue weighted by atomic mass is 10.2. The monoisotopic (exact) mass is 432 g/mol. The predicted molar refractivity (Wildman–Crippen MR) is 115 cm³/mol. The molecule has 2 rings (SSSR count). The molecule has 0 spiro atoms. The van der Waals surface area contributed by atoms with Gasteiger partial charge in [-0.25, -0.2) is 9.78 Å². The van der Waals surface area contributed by atoms with Gasteiger partial charge in [0.15, 0.2) is 5.13 Å². The molecule has 2 aromatic rings. The summed E-state index contributed by atoms with van der Waals surface area (Å²) in [4.78, 5) is 40.0. The van der Waals surface area contributed by atoms with Crippen molar-refractivity contribution in [3.63, 3.8) is 0 Å². The second-order valence-electron chi connectivity index (χ2n) is 6.20. The Kier molecular flexibility index (Phi) is 8.51. The van der Waals surface area contributed by atoms with Crippen LogP contribution in [-0.2, 0) is 14.3 Å². The van der Waals surface area contributed by atoms with E-state index in [-0.39, 0.29) is 6.42 Å². The van der Waals surface area contributed by atoms with E-state index in [1.165, 1.54) is 17.4 Å². The molecule has 1 aromatic carbocycles. The van der Waals surface area contributed by atoms with Gasteiger partial charge in [0.25, 0.3) is 0 Å². The van der Waals surface area contributed by atoms with Gasteiger partial charge in [0, 0.05) is 17.9 Å². The minimum absolute atomic E-state index is 0.210. The van der Waals surface area contributed by atoms with Gasteiger partial charge in [-0.05, 0) is 38.1 Å². The number of carbonyl (C=O) groups is 3. The minimum Gasteiger partial charge on any atom is -0.480 e. The number of hydrogen-bond donors (Lipinski definition) is 4. The second-order valence-corrected chi connectivity index (χ2v) is 7.20. The molecule has 9 nitrogen and oxygen atoms in total. The lowest BCUT2D eigenvalue weighted by Gasteiger charge is -2.13. The first-order chi connectivity index (χ1) is 14.3. The van der Waals surface area contributed by atoms with E-state index < -0.39 is 23.9 Å². The lowest BCUT2D eigenvalue weighted by Crippen LogP contribution is -2.39. The van der Waals surface area contributed by atoms with Crippen molar-refractivity contribution in [2.24, 2.45) is 0 Å². The zero-order valence-corrected chi connectivity index (χ0v) is 17.5. The third kappa shape index (κ3) is 6.68. The Bertz CT molecular complexity index is 910. The maximum atomic E-state index is 12.1. The summed E-state index contributed by atoms with van der Waals surface area (Å²) in [6.45, 7) is 7.58. The zero-order valence-electron chi connectivity index (χ0n) is 16.7. The number of carboxylic acids is 1. The normalized spacial score (nSPS) is 11.4. The molecule has 1 amide bonds. The van der Waals surface area contributed by atoms with E-state index in [0.29, 0.717) is 40.2 Å². The Balaban J connectivity index is 1.96. The highest BCUT2D eigenvalue weighted by atomic mass is 32.1. The third-order valence-corrected chi connectivity index (χ3v) is 4.93. The highest BCUT2D eigenvalue weighted by Crippen LogP contribution is 2.27. The first kappa shape index (κ1) is 23.0. The minimum atomic E-state index is -1.10. The molecule has 0 radical (unpaired) electrons. The van der Waals surface area contributed by atoms with E-state index in [1.807, 2.05) is 0 Å². The van der Waals surface area contributed by atoms with Gasteiger partial charge >= 0.3 is 11.9 Å². The van der Waals surface area contributed by atoms with E-state index in [4.69, 9.17) is 9.84 Å². The average molecular weight is 433 g/mol. The van der Waals surface area contributed by atoms with Gasteiger partial charge in [0.05, 0.1) is 18.7 Å². The van der Waals surface area contributed by atoms with E-state index >= 15 is 0 Å². The number of aromatic nitrogens is 1. The molecule has 160 valence electrons. The molecule has 0 saturated carbocycles. The molecular formula is C20H24N4O5S. The van der Waals surface area contributed by atoms with Crippen LogP contribution in [0.4, 0.5) is 16.5 Å². The number of aliphatic carboxylic acids is 1. The summed E-state index contributed by atoms with van der Waals surface area (Å²) in [5.41, 5.74) is 1.83. The van der Waals surface area contributed by atoms with Gasteiger partial charge in [-0.15, -0.1) is 6.58 Å². The number of carboxylic acid groups (broad SMARTS) is 1. The molecule has 10 heteroatoms. The van der Waals surface area contributed by atoms with Crippen LogP contribution in [0.2, 0.25) is 0 Å². The van der Waals surface area contributed by atoms with Crippen molar-refractivity contribution in [3.8, 4) is 0 Å². The molecule has 0 aliphatic heterocycles. The van der Waals surface area contributed by atoms with Gasteiger partial charge in [0.1, 0.15) is 10.9 Å². The maximum absolute atomic E-state index is 12.1. The topological polar surface area (TPSA) is 130 Å².